The summed E-state index contributed by atoms with van der Waals surface area (Å²) < 4.78 is 2.02. The fourth-order valence-corrected chi connectivity index (χ4v) is 4.00. The highest BCUT2D eigenvalue weighted by molar-refractivity contribution is 6.06. The number of anilines is 1. The summed E-state index contributed by atoms with van der Waals surface area (Å²) in [5, 5.41) is 3.14. The maximum Gasteiger partial charge on any atom is 0.261 e. The summed E-state index contributed by atoms with van der Waals surface area (Å²) in [6.07, 6.45) is 4.34. The molecule has 1 N–H and O–H groups in total. The Morgan fingerprint density at radius 3 is 2.10 bits per heavy atom. The smallest absolute Gasteiger partial charge is 0.261 e. The summed E-state index contributed by atoms with van der Waals surface area (Å²) in [4.78, 5) is 26.6. The molecule has 2 aromatic rings. The highest BCUT2D eigenvalue weighted by Gasteiger charge is 2.23. The second kappa shape index (κ2) is 10.1. The van der Waals surface area contributed by atoms with Crippen molar-refractivity contribution >= 4 is 11.6 Å². The lowest BCUT2D eigenvalue weighted by molar-refractivity contribution is 0.102. The molecule has 0 saturated heterocycles. The zero-order chi connectivity index (χ0) is 22.6. The summed E-state index contributed by atoms with van der Waals surface area (Å²) in [6, 6.07) is 4.38. The fraction of sp³-hybridized carbons (Fsp3) is 0.538. The van der Waals surface area contributed by atoms with Gasteiger partial charge >= 0.3 is 0 Å². The van der Waals surface area contributed by atoms with Crippen molar-refractivity contribution in [1.29, 1.82) is 0 Å². The molecule has 4 heteroatoms. The molecule has 0 fully saturated rings. The molecule has 1 aromatic heterocycles. The van der Waals surface area contributed by atoms with Gasteiger partial charge in [0.2, 0.25) is 0 Å². The molecule has 1 aromatic carbocycles. The van der Waals surface area contributed by atoms with Crippen molar-refractivity contribution < 1.29 is 4.79 Å². The quantitative estimate of drug-likeness (QED) is 0.594. The van der Waals surface area contributed by atoms with E-state index in [0.717, 1.165) is 60.3 Å². The second-order valence-electron chi connectivity index (χ2n) is 8.55. The molecule has 0 spiro atoms. The number of aromatic nitrogens is 1. The highest BCUT2D eigenvalue weighted by atomic mass is 16.2. The predicted octanol–water partition coefficient (Wildman–Crippen LogP) is 5.85. The van der Waals surface area contributed by atoms with Crippen LogP contribution in [0.3, 0.4) is 0 Å². The van der Waals surface area contributed by atoms with Crippen molar-refractivity contribution in [2.45, 2.75) is 86.5 Å². The zero-order valence-electron chi connectivity index (χ0n) is 20.0. The van der Waals surface area contributed by atoms with Gasteiger partial charge in [-0.25, -0.2) is 0 Å². The van der Waals surface area contributed by atoms with Gasteiger partial charge in [-0.15, -0.1) is 0 Å². The molecule has 0 saturated carbocycles. The van der Waals surface area contributed by atoms with E-state index in [0.29, 0.717) is 17.0 Å². The molecule has 1 amide bonds. The third-order valence-corrected chi connectivity index (χ3v) is 6.29. The number of amides is 1. The monoisotopic (exact) mass is 410 g/mol. The van der Waals surface area contributed by atoms with Crippen molar-refractivity contribution in [2.24, 2.45) is 7.05 Å². The second-order valence-corrected chi connectivity index (χ2v) is 8.55. The minimum absolute atomic E-state index is 0.149. The van der Waals surface area contributed by atoms with Crippen LogP contribution in [0.5, 0.6) is 0 Å². The number of nitrogens with zero attached hydrogens (tertiary/aromatic N) is 1. The molecule has 1 heterocycles. The number of hydrogen-bond acceptors (Lipinski definition) is 2. The normalized spacial score (nSPS) is 11.2. The maximum absolute atomic E-state index is 13.5. The number of pyridine rings is 1. The number of rotatable bonds is 8. The first-order chi connectivity index (χ1) is 14.2. The van der Waals surface area contributed by atoms with Crippen LogP contribution in [0.15, 0.2) is 16.9 Å². The van der Waals surface area contributed by atoms with Crippen LogP contribution in [0.1, 0.15) is 97.4 Å². The van der Waals surface area contributed by atoms with Gasteiger partial charge in [-0.05, 0) is 62.1 Å². The van der Waals surface area contributed by atoms with E-state index in [1.165, 1.54) is 5.56 Å². The van der Waals surface area contributed by atoms with Crippen LogP contribution in [0.25, 0.3) is 0 Å². The molecule has 0 aliphatic heterocycles. The van der Waals surface area contributed by atoms with Crippen LogP contribution >= 0.6 is 0 Å². The Hall–Kier alpha value is -2.36. The van der Waals surface area contributed by atoms with Gasteiger partial charge in [0.15, 0.2) is 5.43 Å². The van der Waals surface area contributed by atoms with E-state index in [1.54, 1.807) is 0 Å². The van der Waals surface area contributed by atoms with Crippen molar-refractivity contribution in [3.63, 3.8) is 0 Å². The predicted molar refractivity (Wildman–Crippen MR) is 127 cm³/mol. The van der Waals surface area contributed by atoms with E-state index >= 15 is 0 Å². The van der Waals surface area contributed by atoms with Crippen LogP contribution in [0, 0.1) is 13.8 Å². The lowest BCUT2D eigenvalue weighted by Gasteiger charge is -2.21. The number of benzene rings is 1. The van der Waals surface area contributed by atoms with E-state index in [2.05, 4.69) is 52.1 Å². The Kier molecular flexibility index (Phi) is 8.05. The largest absolute Gasteiger partial charge is 0.351 e. The van der Waals surface area contributed by atoms with Crippen molar-refractivity contribution in [2.75, 3.05) is 5.32 Å². The van der Waals surface area contributed by atoms with Gasteiger partial charge in [0.1, 0.15) is 5.56 Å². The first-order valence-corrected chi connectivity index (χ1v) is 11.3. The lowest BCUT2D eigenvalue weighted by atomic mass is 9.93. The van der Waals surface area contributed by atoms with Gasteiger partial charge in [-0.1, -0.05) is 53.2 Å². The number of hydrogen-bond donors (Lipinski definition) is 1. The minimum atomic E-state index is -0.286. The molecule has 2 rings (SSSR count). The van der Waals surface area contributed by atoms with Crippen LogP contribution in [0.2, 0.25) is 0 Å². The van der Waals surface area contributed by atoms with Crippen molar-refractivity contribution in [3.05, 3.63) is 61.6 Å². The molecule has 30 heavy (non-hydrogen) atoms. The third-order valence-electron chi connectivity index (χ3n) is 6.29. The summed E-state index contributed by atoms with van der Waals surface area (Å²) in [5.41, 5.74) is 6.96. The highest BCUT2D eigenvalue weighted by Crippen LogP contribution is 2.29. The van der Waals surface area contributed by atoms with Gasteiger partial charge in [0.25, 0.3) is 5.91 Å². The summed E-state index contributed by atoms with van der Waals surface area (Å²) in [6.45, 7) is 14.5. The number of aryl methyl sites for hydroxylation is 2. The molecule has 4 nitrogen and oxygen atoms in total. The molecule has 0 atom stereocenters. The minimum Gasteiger partial charge on any atom is -0.351 e. The van der Waals surface area contributed by atoms with E-state index in [1.807, 2.05) is 25.5 Å². The van der Waals surface area contributed by atoms with Crippen LogP contribution < -0.4 is 10.7 Å². The van der Waals surface area contributed by atoms with Gasteiger partial charge in [-0.3, -0.25) is 9.59 Å². The number of unbranched alkanes of at least 4 members (excludes halogenated alkanes) is 1. The first-order valence-electron chi connectivity index (χ1n) is 11.3. The van der Waals surface area contributed by atoms with Crippen molar-refractivity contribution in [3.8, 4) is 0 Å². The van der Waals surface area contributed by atoms with E-state index in [-0.39, 0.29) is 11.3 Å². The number of carbonyl (C=O) groups excluding carboxylic acids is 1. The molecule has 164 valence electrons. The molecular formula is C26H38N2O2. The Labute approximate surface area is 181 Å². The van der Waals surface area contributed by atoms with Crippen LogP contribution in [-0.4, -0.2) is 10.5 Å². The van der Waals surface area contributed by atoms with E-state index in [9.17, 15) is 9.59 Å². The number of carbonyl (C=O) groups is 1. The van der Waals surface area contributed by atoms with Gasteiger partial charge in [-0.2, -0.15) is 0 Å². The van der Waals surface area contributed by atoms with Gasteiger partial charge < -0.3 is 9.88 Å². The van der Waals surface area contributed by atoms with Crippen LogP contribution in [0.4, 0.5) is 5.69 Å². The Balaban J connectivity index is 2.62. The third kappa shape index (κ3) is 4.69. The maximum atomic E-state index is 13.5. The Bertz CT molecular complexity index is 958. The summed E-state index contributed by atoms with van der Waals surface area (Å²) in [7, 11) is 1.95. The van der Waals surface area contributed by atoms with Gasteiger partial charge in [0.05, 0.1) is 0 Å². The molecule has 0 bridgehead atoms. The number of nitrogens with one attached hydrogen (secondary N) is 1. The molecule has 0 aliphatic carbocycles. The molecule has 0 aliphatic rings. The Morgan fingerprint density at radius 2 is 1.63 bits per heavy atom. The average Bonchev–Trinajstić information content (AvgIpc) is 2.73. The summed E-state index contributed by atoms with van der Waals surface area (Å²) in [5.74, 6) is 0.143. The Morgan fingerprint density at radius 1 is 1.07 bits per heavy atom. The standard InChI is InChI=1S/C26H38N2O2/c1-9-12-13-22-23(25(29)17(6)18(7)28(22)8)26(30)27-24-19(10-2)14-21(16(4)5)15-20(24)11-3/h14-16H,9-13H2,1-8H3,(H,27,30). The first kappa shape index (κ1) is 23.9. The lowest BCUT2D eigenvalue weighted by Crippen LogP contribution is -2.30. The van der Waals surface area contributed by atoms with E-state index in [4.69, 9.17) is 0 Å². The molecular weight excluding hydrogens is 372 g/mol. The van der Waals surface area contributed by atoms with Gasteiger partial charge in [0, 0.05) is 29.7 Å². The topological polar surface area (TPSA) is 51.1 Å². The van der Waals surface area contributed by atoms with Crippen LogP contribution in [-0.2, 0) is 26.3 Å². The molecule has 0 unspecified atom stereocenters. The van der Waals surface area contributed by atoms with E-state index < -0.39 is 0 Å². The molecule has 0 radical (unpaired) electrons. The average molecular weight is 411 g/mol. The van der Waals surface area contributed by atoms with Crippen molar-refractivity contribution in [1.82, 2.24) is 4.57 Å². The summed E-state index contributed by atoms with van der Waals surface area (Å²) >= 11 is 0. The zero-order valence-corrected chi connectivity index (χ0v) is 20.0. The fourth-order valence-electron chi connectivity index (χ4n) is 4.00. The SMILES string of the molecule is CCCCc1c(C(=O)Nc2c(CC)cc(C(C)C)cc2CC)c(=O)c(C)c(C)n1C.